The van der Waals surface area contributed by atoms with Crippen molar-refractivity contribution in [1.82, 2.24) is 4.90 Å². The molecule has 0 unspecified atom stereocenters. The van der Waals surface area contributed by atoms with Gasteiger partial charge in [0.1, 0.15) is 5.60 Å². The first-order valence-corrected chi connectivity index (χ1v) is 7.23. The van der Waals surface area contributed by atoms with Gasteiger partial charge >= 0.3 is 6.09 Å². The zero-order valence-corrected chi connectivity index (χ0v) is 13.5. The van der Waals surface area contributed by atoms with Gasteiger partial charge in [-0.2, -0.15) is 0 Å². The minimum Gasteiger partial charge on any atom is -0.443 e. The Balaban J connectivity index is 2.98. The third-order valence-electron chi connectivity index (χ3n) is 3.40. The molecule has 0 bridgehead atoms. The van der Waals surface area contributed by atoms with E-state index in [1.54, 1.807) is 20.8 Å². The summed E-state index contributed by atoms with van der Waals surface area (Å²) in [5.74, 6) is 0.285. The van der Waals surface area contributed by atoms with Gasteiger partial charge in [-0.1, -0.05) is 26.0 Å². The number of nitrogens with zero attached hydrogens (tertiary/aromatic N) is 1. The minimum absolute atomic E-state index is 0.0393. The van der Waals surface area contributed by atoms with E-state index in [4.69, 9.17) is 4.74 Å². The number of hydrogen-bond acceptors (Lipinski definition) is 3. The van der Waals surface area contributed by atoms with Gasteiger partial charge in [0, 0.05) is 12.3 Å². The van der Waals surface area contributed by atoms with Crippen molar-refractivity contribution < 1.29 is 14.3 Å². The van der Waals surface area contributed by atoms with Crippen LogP contribution in [0.3, 0.4) is 0 Å². The third kappa shape index (κ3) is 4.09. The molecule has 1 rings (SSSR count). The average Bonchev–Trinajstić information content (AvgIpc) is 2.51. The lowest BCUT2D eigenvalue weighted by molar-refractivity contribution is -0.128. The minimum atomic E-state index is -0.596. The lowest BCUT2D eigenvalue weighted by atomic mass is 9.88. The maximum Gasteiger partial charge on any atom is 0.417 e. The van der Waals surface area contributed by atoms with E-state index in [1.165, 1.54) is 4.90 Å². The van der Waals surface area contributed by atoms with E-state index in [1.807, 2.05) is 6.92 Å². The molecular weight excluding hydrogens is 254 g/mol. The van der Waals surface area contributed by atoms with E-state index in [9.17, 15) is 9.59 Å². The third-order valence-corrected chi connectivity index (χ3v) is 3.40. The molecule has 1 aliphatic rings. The number of carbonyl (C=O) groups excluding carboxylic acids is 2. The molecule has 0 aromatic carbocycles. The first-order valence-electron chi connectivity index (χ1n) is 7.23. The fraction of sp³-hybridized carbons (Fsp3) is 0.750. The Labute approximate surface area is 122 Å². The number of hydrogen-bond donors (Lipinski definition) is 0. The maximum absolute atomic E-state index is 12.3. The van der Waals surface area contributed by atoms with Crippen molar-refractivity contribution in [3.63, 3.8) is 0 Å². The van der Waals surface area contributed by atoms with Gasteiger partial charge in [0.05, 0.1) is 6.04 Å². The molecule has 1 aliphatic heterocycles. The zero-order valence-electron chi connectivity index (χ0n) is 13.5. The van der Waals surface area contributed by atoms with Crippen LogP contribution in [0.4, 0.5) is 4.79 Å². The van der Waals surface area contributed by atoms with Gasteiger partial charge in [-0.25, -0.2) is 9.69 Å². The summed E-state index contributed by atoms with van der Waals surface area (Å²) in [6, 6.07) is -0.130. The molecule has 0 radical (unpaired) electrons. The highest BCUT2D eigenvalue weighted by Gasteiger charge is 2.45. The second-order valence-electron chi connectivity index (χ2n) is 7.10. The lowest BCUT2D eigenvalue weighted by Gasteiger charge is -2.30. The average molecular weight is 281 g/mol. The van der Waals surface area contributed by atoms with Crippen LogP contribution < -0.4 is 0 Å². The molecule has 4 nitrogen and oxygen atoms in total. The summed E-state index contributed by atoms with van der Waals surface area (Å²) in [4.78, 5) is 25.8. The lowest BCUT2D eigenvalue weighted by Crippen LogP contribution is -2.44. The first kappa shape index (κ1) is 16.7. The van der Waals surface area contributed by atoms with Crippen LogP contribution in [0.1, 0.15) is 54.4 Å². The SMILES string of the molecule is C=C(C)[C@@H]1CC(=O)N(C(=O)OC(C)(C)C)[C@H]1CC(C)C. The number of amides is 2. The highest BCUT2D eigenvalue weighted by Crippen LogP contribution is 2.35. The molecule has 114 valence electrons. The number of imide groups is 1. The Bertz CT molecular complexity index is 406. The highest BCUT2D eigenvalue weighted by atomic mass is 16.6. The topological polar surface area (TPSA) is 46.6 Å². The van der Waals surface area contributed by atoms with Crippen LogP contribution in [0.2, 0.25) is 0 Å². The van der Waals surface area contributed by atoms with E-state index in [0.717, 1.165) is 12.0 Å². The fourth-order valence-electron chi connectivity index (χ4n) is 2.59. The van der Waals surface area contributed by atoms with Crippen LogP contribution in [0.25, 0.3) is 0 Å². The Morgan fingerprint density at radius 1 is 1.45 bits per heavy atom. The van der Waals surface area contributed by atoms with Gasteiger partial charge in [-0.05, 0) is 40.0 Å². The summed E-state index contributed by atoms with van der Waals surface area (Å²) in [6.45, 7) is 15.5. The van der Waals surface area contributed by atoms with Gasteiger partial charge in [0.15, 0.2) is 0 Å². The summed E-state index contributed by atoms with van der Waals surface area (Å²) in [5, 5.41) is 0. The summed E-state index contributed by atoms with van der Waals surface area (Å²) < 4.78 is 5.37. The molecule has 0 spiro atoms. The molecule has 4 heteroatoms. The van der Waals surface area contributed by atoms with Crippen LogP contribution in [-0.2, 0) is 9.53 Å². The predicted molar refractivity (Wildman–Crippen MR) is 79.2 cm³/mol. The van der Waals surface area contributed by atoms with E-state index < -0.39 is 11.7 Å². The molecule has 1 saturated heterocycles. The molecule has 0 aromatic heterocycles. The van der Waals surface area contributed by atoms with Crippen LogP contribution in [0.5, 0.6) is 0 Å². The van der Waals surface area contributed by atoms with Crippen molar-refractivity contribution in [3.8, 4) is 0 Å². The van der Waals surface area contributed by atoms with E-state index in [2.05, 4.69) is 20.4 Å². The number of likely N-dealkylation sites (tertiary alicyclic amines) is 1. The molecule has 1 fully saturated rings. The largest absolute Gasteiger partial charge is 0.443 e. The summed E-state index contributed by atoms with van der Waals surface area (Å²) in [5.41, 5.74) is 0.358. The fourth-order valence-corrected chi connectivity index (χ4v) is 2.59. The van der Waals surface area contributed by atoms with Crippen molar-refractivity contribution in [2.45, 2.75) is 66.0 Å². The number of ether oxygens (including phenoxy) is 1. The Kier molecular flexibility index (Phi) is 5.00. The molecule has 0 aromatic rings. The molecule has 2 atom stereocenters. The molecule has 1 heterocycles. The van der Waals surface area contributed by atoms with Crippen LogP contribution in [0.15, 0.2) is 12.2 Å². The standard InChI is InChI=1S/C16H27NO3/c1-10(2)8-13-12(11(3)4)9-14(18)17(13)15(19)20-16(5,6)7/h10,12-13H,3,8-9H2,1-2,4-7H3/t12-,13-/m0/s1. The smallest absolute Gasteiger partial charge is 0.417 e. The first-order chi connectivity index (χ1) is 9.03. The summed E-state index contributed by atoms with van der Waals surface area (Å²) >= 11 is 0. The predicted octanol–water partition coefficient (Wildman–Crippen LogP) is 3.76. The van der Waals surface area contributed by atoms with E-state index >= 15 is 0 Å². The summed E-state index contributed by atoms with van der Waals surface area (Å²) in [6.07, 6.45) is 0.603. The van der Waals surface area contributed by atoms with Crippen molar-refractivity contribution in [2.24, 2.45) is 11.8 Å². The maximum atomic E-state index is 12.3. The second-order valence-corrected chi connectivity index (χ2v) is 7.10. The Morgan fingerprint density at radius 2 is 2.00 bits per heavy atom. The van der Waals surface area contributed by atoms with Crippen LogP contribution in [-0.4, -0.2) is 28.5 Å². The van der Waals surface area contributed by atoms with Gasteiger partial charge in [-0.3, -0.25) is 4.79 Å². The van der Waals surface area contributed by atoms with E-state index in [0.29, 0.717) is 12.3 Å². The quantitative estimate of drug-likeness (QED) is 0.740. The van der Waals surface area contributed by atoms with Crippen molar-refractivity contribution >= 4 is 12.0 Å². The molecule has 2 amide bonds. The normalized spacial score (nSPS) is 23.4. The van der Waals surface area contributed by atoms with E-state index in [-0.39, 0.29) is 17.9 Å². The Morgan fingerprint density at radius 3 is 2.40 bits per heavy atom. The van der Waals surface area contributed by atoms with Gasteiger partial charge in [0.2, 0.25) is 5.91 Å². The van der Waals surface area contributed by atoms with Crippen molar-refractivity contribution in [3.05, 3.63) is 12.2 Å². The summed E-state index contributed by atoms with van der Waals surface area (Å²) in [7, 11) is 0. The molecular formula is C16H27NO3. The molecule has 0 saturated carbocycles. The zero-order chi connectivity index (χ0) is 15.7. The molecule has 0 aliphatic carbocycles. The highest BCUT2D eigenvalue weighted by molar-refractivity contribution is 5.94. The monoisotopic (exact) mass is 281 g/mol. The molecule has 0 N–H and O–H groups in total. The van der Waals surface area contributed by atoms with Gasteiger partial charge < -0.3 is 4.74 Å². The Hall–Kier alpha value is -1.32. The van der Waals surface area contributed by atoms with Gasteiger partial charge in [0.25, 0.3) is 0 Å². The van der Waals surface area contributed by atoms with Crippen LogP contribution >= 0.6 is 0 Å². The second kappa shape index (κ2) is 5.98. The van der Waals surface area contributed by atoms with Crippen molar-refractivity contribution in [2.75, 3.05) is 0 Å². The number of carbonyl (C=O) groups is 2. The van der Waals surface area contributed by atoms with Crippen LogP contribution in [0, 0.1) is 11.8 Å². The molecule has 20 heavy (non-hydrogen) atoms. The van der Waals surface area contributed by atoms with Gasteiger partial charge in [-0.15, -0.1) is 0 Å². The number of rotatable bonds is 3. The van der Waals surface area contributed by atoms with Crippen molar-refractivity contribution in [1.29, 1.82) is 0 Å².